The maximum absolute atomic E-state index is 12.9. The summed E-state index contributed by atoms with van der Waals surface area (Å²) in [4.78, 5) is 26.6. The van der Waals surface area contributed by atoms with Crippen molar-refractivity contribution in [2.75, 3.05) is 0 Å². The first-order valence-corrected chi connectivity index (χ1v) is 7.47. The number of hydrogen-bond acceptors (Lipinski definition) is 4. The molecule has 2 heterocycles. The number of non-ortho nitro benzene ring substituents is 1. The number of aromatic amines is 1. The number of benzene rings is 2. The lowest BCUT2D eigenvalue weighted by molar-refractivity contribution is -0.384. The Balaban J connectivity index is 1.79. The summed E-state index contributed by atoms with van der Waals surface area (Å²) < 4.78 is 0. The quantitative estimate of drug-likeness (QED) is 0.439. The van der Waals surface area contributed by atoms with Crippen LogP contribution in [0.5, 0.6) is 0 Å². The number of nitro benzene ring substituents is 1. The van der Waals surface area contributed by atoms with Crippen LogP contribution >= 0.6 is 0 Å². The number of H-pyrrole nitrogens is 1. The number of ketones is 1. The number of nitrogens with zero attached hydrogens (tertiary/aromatic N) is 1. The van der Waals surface area contributed by atoms with E-state index in [-0.39, 0.29) is 11.5 Å². The number of nitrogens with one attached hydrogen (secondary N) is 2. The number of para-hydroxylation sites is 1. The molecule has 4 rings (SSSR count). The van der Waals surface area contributed by atoms with Gasteiger partial charge in [0, 0.05) is 34.2 Å². The molecule has 0 aliphatic carbocycles. The first-order valence-electron chi connectivity index (χ1n) is 7.47. The van der Waals surface area contributed by atoms with E-state index in [1.165, 1.54) is 18.2 Å². The summed E-state index contributed by atoms with van der Waals surface area (Å²) in [6.07, 6.45) is 3.66. The normalized spacial score (nSPS) is 15.8. The lowest BCUT2D eigenvalue weighted by atomic mass is 9.96. The van der Waals surface area contributed by atoms with Crippen LogP contribution in [0.3, 0.4) is 0 Å². The molecule has 0 bridgehead atoms. The number of hydrogen-bond donors (Lipinski definition) is 2. The molecule has 24 heavy (non-hydrogen) atoms. The van der Waals surface area contributed by atoms with E-state index in [1.54, 1.807) is 12.3 Å². The molecule has 118 valence electrons. The minimum atomic E-state index is -0.598. The highest BCUT2D eigenvalue weighted by atomic mass is 16.6. The summed E-state index contributed by atoms with van der Waals surface area (Å²) in [6, 6.07) is 13.0. The van der Waals surface area contributed by atoms with Crippen LogP contribution in [0.4, 0.5) is 5.69 Å². The Morgan fingerprint density at radius 1 is 1.12 bits per heavy atom. The second-order valence-corrected chi connectivity index (χ2v) is 5.60. The highest BCUT2D eigenvalue weighted by Crippen LogP contribution is 2.32. The summed E-state index contributed by atoms with van der Waals surface area (Å²) in [5.74, 6) is -0.212. The molecule has 1 aliphatic rings. The van der Waals surface area contributed by atoms with E-state index in [2.05, 4.69) is 10.3 Å². The zero-order valence-corrected chi connectivity index (χ0v) is 12.5. The van der Waals surface area contributed by atoms with E-state index in [1.807, 2.05) is 30.3 Å². The van der Waals surface area contributed by atoms with Crippen LogP contribution in [0, 0.1) is 10.1 Å². The monoisotopic (exact) mass is 319 g/mol. The highest BCUT2D eigenvalue weighted by molar-refractivity contribution is 6.03. The van der Waals surface area contributed by atoms with Gasteiger partial charge in [0.05, 0.1) is 10.6 Å². The molecule has 3 aromatic rings. The molecule has 0 saturated carbocycles. The predicted octanol–water partition coefficient (Wildman–Crippen LogP) is 3.57. The summed E-state index contributed by atoms with van der Waals surface area (Å²) in [7, 11) is 0. The number of carbonyl (C=O) groups is 1. The minimum absolute atomic E-state index is 0.0935. The van der Waals surface area contributed by atoms with Gasteiger partial charge in [0.25, 0.3) is 5.69 Å². The summed E-state index contributed by atoms with van der Waals surface area (Å²) >= 11 is 0. The van der Waals surface area contributed by atoms with Gasteiger partial charge in [-0.25, -0.2) is 0 Å². The first-order chi connectivity index (χ1) is 11.6. The molecule has 6 heteroatoms. The Hall–Kier alpha value is -3.41. The van der Waals surface area contributed by atoms with Crippen LogP contribution in [-0.2, 0) is 0 Å². The van der Waals surface area contributed by atoms with Crippen LogP contribution in [0.2, 0.25) is 0 Å². The number of rotatable bonds is 3. The molecule has 1 unspecified atom stereocenters. The van der Waals surface area contributed by atoms with Gasteiger partial charge in [-0.1, -0.05) is 30.3 Å². The summed E-state index contributed by atoms with van der Waals surface area (Å²) in [6.45, 7) is 0. The Kier molecular flexibility index (Phi) is 3.16. The number of nitro groups is 1. The second kappa shape index (κ2) is 5.34. The summed E-state index contributed by atoms with van der Waals surface area (Å²) in [5, 5.41) is 15.0. The fourth-order valence-electron chi connectivity index (χ4n) is 3.05. The standard InChI is InChI=1S/C18H13N3O3/c22-18(11-4-3-5-12(10-11)21(23)24)17-16-14(8-9-19-17)13-6-1-2-7-15(13)20-16/h1-10,17,19-20H. The molecule has 2 aromatic carbocycles. The smallest absolute Gasteiger partial charge is 0.270 e. The third-order valence-electron chi connectivity index (χ3n) is 4.18. The van der Waals surface area contributed by atoms with Crippen molar-refractivity contribution in [1.29, 1.82) is 0 Å². The van der Waals surface area contributed by atoms with Gasteiger partial charge in [0.1, 0.15) is 6.04 Å². The van der Waals surface area contributed by atoms with E-state index in [9.17, 15) is 14.9 Å². The zero-order valence-electron chi connectivity index (χ0n) is 12.5. The van der Waals surface area contributed by atoms with Crippen molar-refractivity contribution in [2.24, 2.45) is 0 Å². The average Bonchev–Trinajstić information content (AvgIpc) is 3.00. The van der Waals surface area contributed by atoms with Crippen molar-refractivity contribution in [3.05, 3.63) is 81.7 Å². The highest BCUT2D eigenvalue weighted by Gasteiger charge is 2.28. The van der Waals surface area contributed by atoms with Gasteiger partial charge in [-0.15, -0.1) is 0 Å². The molecule has 1 atom stereocenters. The van der Waals surface area contributed by atoms with Crippen molar-refractivity contribution < 1.29 is 9.72 Å². The van der Waals surface area contributed by atoms with Gasteiger partial charge in [0.15, 0.2) is 5.78 Å². The average molecular weight is 319 g/mol. The van der Waals surface area contributed by atoms with E-state index in [0.717, 1.165) is 22.2 Å². The lowest BCUT2D eigenvalue weighted by Gasteiger charge is -2.20. The molecular formula is C18H13N3O3. The number of carbonyl (C=O) groups excluding carboxylic acids is 1. The van der Waals surface area contributed by atoms with Crippen LogP contribution in [-0.4, -0.2) is 15.7 Å². The largest absolute Gasteiger partial charge is 0.376 e. The van der Waals surface area contributed by atoms with E-state index >= 15 is 0 Å². The number of aromatic nitrogens is 1. The fraction of sp³-hybridized carbons (Fsp3) is 0.0556. The summed E-state index contributed by atoms with van der Waals surface area (Å²) in [5.41, 5.74) is 2.90. The van der Waals surface area contributed by atoms with E-state index < -0.39 is 11.0 Å². The Labute approximate surface area is 137 Å². The maximum Gasteiger partial charge on any atom is 0.270 e. The van der Waals surface area contributed by atoms with Gasteiger partial charge in [-0.3, -0.25) is 14.9 Å². The van der Waals surface area contributed by atoms with Gasteiger partial charge < -0.3 is 10.3 Å². The predicted molar refractivity (Wildman–Crippen MR) is 90.6 cm³/mol. The third-order valence-corrected chi connectivity index (χ3v) is 4.18. The van der Waals surface area contributed by atoms with Crippen molar-refractivity contribution in [3.8, 4) is 0 Å². The van der Waals surface area contributed by atoms with Crippen LogP contribution in [0.1, 0.15) is 27.7 Å². The number of Topliss-reactive ketones (excluding diaryl/α,β-unsaturated/α-hetero) is 1. The van der Waals surface area contributed by atoms with Gasteiger partial charge in [0.2, 0.25) is 0 Å². The topological polar surface area (TPSA) is 88.0 Å². The molecule has 2 N–H and O–H groups in total. The molecule has 1 aliphatic heterocycles. The van der Waals surface area contributed by atoms with Crippen LogP contribution in [0.15, 0.2) is 54.7 Å². The van der Waals surface area contributed by atoms with E-state index in [0.29, 0.717) is 5.56 Å². The fourth-order valence-corrected chi connectivity index (χ4v) is 3.05. The third kappa shape index (κ3) is 2.16. The molecule has 0 radical (unpaired) electrons. The molecule has 0 fully saturated rings. The first kappa shape index (κ1) is 14.2. The Morgan fingerprint density at radius 2 is 1.96 bits per heavy atom. The van der Waals surface area contributed by atoms with Gasteiger partial charge in [-0.2, -0.15) is 0 Å². The van der Waals surface area contributed by atoms with E-state index in [4.69, 9.17) is 0 Å². The lowest BCUT2D eigenvalue weighted by Crippen LogP contribution is -2.27. The SMILES string of the molecule is O=C(c1cccc([N+](=O)[O-])c1)C1NC=Cc2c1[nH]c1ccccc21. The zero-order chi connectivity index (χ0) is 16.7. The molecular weight excluding hydrogens is 306 g/mol. The van der Waals surface area contributed by atoms with Crippen molar-refractivity contribution in [1.82, 2.24) is 10.3 Å². The Morgan fingerprint density at radius 3 is 2.79 bits per heavy atom. The van der Waals surface area contributed by atoms with Crippen molar-refractivity contribution >= 4 is 28.4 Å². The molecule has 0 amide bonds. The van der Waals surface area contributed by atoms with Crippen molar-refractivity contribution in [2.45, 2.75) is 6.04 Å². The molecule has 6 nitrogen and oxygen atoms in total. The van der Waals surface area contributed by atoms with Gasteiger partial charge in [-0.05, 0) is 18.3 Å². The van der Waals surface area contributed by atoms with Crippen molar-refractivity contribution in [3.63, 3.8) is 0 Å². The van der Waals surface area contributed by atoms with Crippen LogP contribution < -0.4 is 5.32 Å². The Bertz CT molecular complexity index is 1000. The molecule has 0 spiro atoms. The number of fused-ring (bicyclic) bond motifs is 3. The minimum Gasteiger partial charge on any atom is -0.376 e. The van der Waals surface area contributed by atoms with Crippen LogP contribution in [0.25, 0.3) is 17.0 Å². The maximum atomic E-state index is 12.9. The molecule has 0 saturated heterocycles. The second-order valence-electron chi connectivity index (χ2n) is 5.60. The van der Waals surface area contributed by atoms with Gasteiger partial charge >= 0.3 is 0 Å². The molecule has 1 aromatic heterocycles.